The molecule has 0 aliphatic heterocycles. The van der Waals surface area contributed by atoms with Crippen molar-refractivity contribution in [3.05, 3.63) is 35.4 Å². The molecule has 0 heterocycles. The zero-order valence-electron chi connectivity index (χ0n) is 8.63. The van der Waals surface area contributed by atoms with E-state index in [0.717, 1.165) is 12.1 Å². The van der Waals surface area contributed by atoms with E-state index in [1.54, 1.807) is 0 Å². The average molecular weight is 215 g/mol. The van der Waals surface area contributed by atoms with Crippen LogP contribution in [0.25, 0.3) is 0 Å². The first-order valence-corrected chi connectivity index (χ1v) is 4.91. The van der Waals surface area contributed by atoms with Gasteiger partial charge in [0.15, 0.2) is 11.6 Å². The monoisotopic (exact) mass is 215 g/mol. The van der Waals surface area contributed by atoms with Crippen molar-refractivity contribution in [2.75, 3.05) is 6.54 Å². The topological polar surface area (TPSA) is 46.2 Å². The quantitative estimate of drug-likeness (QED) is 0.806. The Balaban J connectivity index is 3.07. The highest BCUT2D eigenvalue weighted by Gasteiger charge is 2.27. The second kappa shape index (κ2) is 4.68. The molecule has 0 amide bonds. The highest BCUT2D eigenvalue weighted by atomic mass is 19.2. The maximum absolute atomic E-state index is 13.0. The molecule has 1 aromatic rings. The number of hydrogen-bond donors (Lipinski definition) is 2. The number of hydrogen-bond acceptors (Lipinski definition) is 2. The third-order valence-electron chi connectivity index (χ3n) is 2.46. The fraction of sp³-hybridized carbons (Fsp3) is 0.455. The molecule has 0 bridgehead atoms. The van der Waals surface area contributed by atoms with Crippen LogP contribution in [0.5, 0.6) is 0 Å². The van der Waals surface area contributed by atoms with Crippen LogP contribution in [-0.2, 0) is 5.60 Å². The lowest BCUT2D eigenvalue weighted by atomic mass is 9.89. The van der Waals surface area contributed by atoms with E-state index in [0.29, 0.717) is 18.4 Å². The molecule has 3 N–H and O–H groups in total. The Morgan fingerprint density at radius 3 is 2.47 bits per heavy atom. The Morgan fingerprint density at radius 1 is 1.33 bits per heavy atom. The number of aliphatic hydroxyl groups is 1. The van der Waals surface area contributed by atoms with Crippen molar-refractivity contribution in [2.45, 2.75) is 25.4 Å². The van der Waals surface area contributed by atoms with Gasteiger partial charge in [-0.25, -0.2) is 8.78 Å². The number of halogens is 2. The van der Waals surface area contributed by atoms with Crippen LogP contribution in [0.4, 0.5) is 8.78 Å². The minimum Gasteiger partial charge on any atom is -0.384 e. The Kier molecular flexibility index (Phi) is 3.77. The van der Waals surface area contributed by atoms with Crippen molar-refractivity contribution in [3.63, 3.8) is 0 Å². The van der Waals surface area contributed by atoms with Crippen LogP contribution in [0, 0.1) is 11.6 Å². The van der Waals surface area contributed by atoms with Gasteiger partial charge in [-0.15, -0.1) is 0 Å². The van der Waals surface area contributed by atoms with Gasteiger partial charge in [-0.2, -0.15) is 0 Å². The lowest BCUT2D eigenvalue weighted by molar-refractivity contribution is 0.0355. The summed E-state index contributed by atoms with van der Waals surface area (Å²) < 4.78 is 25.6. The zero-order chi connectivity index (χ0) is 11.5. The highest BCUT2D eigenvalue weighted by Crippen LogP contribution is 2.26. The maximum Gasteiger partial charge on any atom is 0.159 e. The molecule has 1 aromatic carbocycles. The summed E-state index contributed by atoms with van der Waals surface area (Å²) in [7, 11) is 0. The van der Waals surface area contributed by atoms with E-state index in [-0.39, 0.29) is 6.54 Å². The van der Waals surface area contributed by atoms with Gasteiger partial charge < -0.3 is 10.8 Å². The lowest BCUT2D eigenvalue weighted by Crippen LogP contribution is -2.34. The van der Waals surface area contributed by atoms with Gasteiger partial charge in [0.25, 0.3) is 0 Å². The molecule has 0 aliphatic carbocycles. The van der Waals surface area contributed by atoms with E-state index in [2.05, 4.69) is 0 Å². The van der Waals surface area contributed by atoms with Crippen molar-refractivity contribution in [3.8, 4) is 0 Å². The van der Waals surface area contributed by atoms with E-state index in [1.165, 1.54) is 6.07 Å². The minimum absolute atomic E-state index is 0.00802. The molecule has 0 saturated heterocycles. The average Bonchev–Trinajstić information content (AvgIpc) is 2.22. The SMILES string of the molecule is CCCC(O)(CN)c1ccc(F)c(F)c1. The first-order chi connectivity index (χ1) is 7.03. The van der Waals surface area contributed by atoms with Gasteiger partial charge in [-0.1, -0.05) is 19.4 Å². The zero-order valence-corrected chi connectivity index (χ0v) is 8.63. The van der Waals surface area contributed by atoms with Crippen LogP contribution in [0.15, 0.2) is 18.2 Å². The fourth-order valence-electron chi connectivity index (χ4n) is 1.56. The van der Waals surface area contributed by atoms with Crippen LogP contribution in [0.1, 0.15) is 25.3 Å². The van der Waals surface area contributed by atoms with E-state index in [1.807, 2.05) is 6.92 Å². The largest absolute Gasteiger partial charge is 0.384 e. The molecule has 0 fully saturated rings. The third kappa shape index (κ3) is 2.52. The van der Waals surface area contributed by atoms with Crippen molar-refractivity contribution >= 4 is 0 Å². The Hall–Kier alpha value is -1.00. The number of rotatable bonds is 4. The van der Waals surface area contributed by atoms with Crippen LogP contribution >= 0.6 is 0 Å². The molecule has 1 unspecified atom stereocenters. The molecule has 1 atom stereocenters. The number of benzene rings is 1. The first-order valence-electron chi connectivity index (χ1n) is 4.91. The fourth-order valence-corrected chi connectivity index (χ4v) is 1.56. The van der Waals surface area contributed by atoms with Gasteiger partial charge in [0, 0.05) is 6.54 Å². The molecule has 2 nitrogen and oxygen atoms in total. The van der Waals surface area contributed by atoms with Crippen molar-refractivity contribution in [1.29, 1.82) is 0 Å². The van der Waals surface area contributed by atoms with E-state index in [4.69, 9.17) is 5.73 Å². The van der Waals surface area contributed by atoms with Crippen molar-refractivity contribution in [1.82, 2.24) is 0 Å². The first kappa shape index (κ1) is 12.1. The molecule has 0 radical (unpaired) electrons. The summed E-state index contributed by atoms with van der Waals surface area (Å²) in [4.78, 5) is 0. The number of nitrogens with two attached hydrogens (primary N) is 1. The van der Waals surface area contributed by atoms with Crippen LogP contribution in [0.2, 0.25) is 0 Å². The maximum atomic E-state index is 13.0. The summed E-state index contributed by atoms with van der Waals surface area (Å²) in [6.07, 6.45) is 1.14. The van der Waals surface area contributed by atoms with Gasteiger partial charge in [-0.05, 0) is 24.1 Å². The summed E-state index contributed by atoms with van der Waals surface area (Å²) in [5.74, 6) is -1.88. The molecular formula is C11H15F2NO. The molecule has 84 valence electrons. The van der Waals surface area contributed by atoms with Crippen LogP contribution in [0.3, 0.4) is 0 Å². The van der Waals surface area contributed by atoms with Gasteiger partial charge in [-0.3, -0.25) is 0 Å². The Morgan fingerprint density at radius 2 is 2.00 bits per heavy atom. The normalized spacial score (nSPS) is 15.0. The molecule has 0 aliphatic rings. The molecule has 1 rings (SSSR count). The van der Waals surface area contributed by atoms with Gasteiger partial charge in [0.05, 0.1) is 0 Å². The van der Waals surface area contributed by atoms with E-state index in [9.17, 15) is 13.9 Å². The molecular weight excluding hydrogens is 200 g/mol. The predicted molar refractivity (Wildman–Crippen MR) is 54.2 cm³/mol. The van der Waals surface area contributed by atoms with Crippen molar-refractivity contribution in [2.24, 2.45) is 5.73 Å². The van der Waals surface area contributed by atoms with Gasteiger partial charge in [0.1, 0.15) is 5.60 Å². The third-order valence-corrected chi connectivity index (χ3v) is 2.46. The second-order valence-corrected chi connectivity index (χ2v) is 3.61. The molecule has 4 heteroatoms. The van der Waals surface area contributed by atoms with Crippen LogP contribution < -0.4 is 5.73 Å². The second-order valence-electron chi connectivity index (χ2n) is 3.61. The standard InChI is InChI=1S/C11H15F2NO/c1-2-5-11(15,7-14)8-3-4-9(12)10(13)6-8/h3-4,6,15H,2,5,7,14H2,1H3. The molecule has 15 heavy (non-hydrogen) atoms. The molecule has 0 saturated carbocycles. The summed E-state index contributed by atoms with van der Waals surface area (Å²) in [6.45, 7) is 1.88. The summed E-state index contributed by atoms with van der Waals surface area (Å²) in [5, 5.41) is 10.1. The van der Waals surface area contributed by atoms with Crippen molar-refractivity contribution < 1.29 is 13.9 Å². The summed E-state index contributed by atoms with van der Waals surface area (Å²) in [5.41, 5.74) is 4.51. The van der Waals surface area contributed by atoms with E-state index >= 15 is 0 Å². The summed E-state index contributed by atoms with van der Waals surface area (Å²) in [6, 6.07) is 3.36. The highest BCUT2D eigenvalue weighted by molar-refractivity contribution is 5.24. The van der Waals surface area contributed by atoms with E-state index < -0.39 is 17.2 Å². The molecule has 0 spiro atoms. The summed E-state index contributed by atoms with van der Waals surface area (Å²) >= 11 is 0. The smallest absolute Gasteiger partial charge is 0.159 e. The van der Waals surface area contributed by atoms with Gasteiger partial charge >= 0.3 is 0 Å². The van der Waals surface area contributed by atoms with Crippen LogP contribution in [-0.4, -0.2) is 11.7 Å². The minimum atomic E-state index is -1.26. The lowest BCUT2D eigenvalue weighted by Gasteiger charge is -2.26. The van der Waals surface area contributed by atoms with Gasteiger partial charge in [0.2, 0.25) is 0 Å². The predicted octanol–water partition coefficient (Wildman–Crippen LogP) is 1.91. The molecule has 0 aromatic heterocycles. The Labute approximate surface area is 87.7 Å². The Bertz CT molecular complexity index is 343.